The summed E-state index contributed by atoms with van der Waals surface area (Å²) in [6.07, 6.45) is 47.4. The van der Waals surface area contributed by atoms with Gasteiger partial charge in [0.1, 0.15) is 0 Å². The van der Waals surface area contributed by atoms with Crippen LogP contribution < -0.4 is 9.80 Å². The highest BCUT2D eigenvalue weighted by Crippen LogP contribution is 2.61. The van der Waals surface area contributed by atoms with Crippen molar-refractivity contribution in [3.8, 4) is 33.4 Å². The van der Waals surface area contributed by atoms with E-state index in [9.17, 15) is 0 Å². The molecule has 0 radical (unpaired) electrons. The lowest BCUT2D eigenvalue weighted by atomic mass is 9.65. The minimum absolute atomic E-state index is 0.0787. The van der Waals surface area contributed by atoms with Gasteiger partial charge < -0.3 is 9.80 Å². The zero-order valence-corrected chi connectivity index (χ0v) is 85.3. The molecule has 13 aromatic carbocycles. The van der Waals surface area contributed by atoms with Gasteiger partial charge in [-0.3, -0.25) is 0 Å². The predicted molar refractivity (Wildman–Crippen MR) is 587 cm³/mol. The summed E-state index contributed by atoms with van der Waals surface area (Å²) in [6, 6.07) is 98.9. The van der Waals surface area contributed by atoms with E-state index in [0.29, 0.717) is 0 Å². The summed E-state index contributed by atoms with van der Waals surface area (Å²) in [7, 11) is 0. The number of aryl methyl sites for hydroxylation is 16. The summed E-state index contributed by atoms with van der Waals surface area (Å²) in [6.45, 7) is 39.3. The molecule has 0 unspecified atom stereocenters. The van der Waals surface area contributed by atoms with Crippen molar-refractivity contribution in [3.05, 3.63) is 414 Å². The normalized spacial score (nSPS) is 13.5. The van der Waals surface area contributed by atoms with Gasteiger partial charge in [-0.05, 0) is 367 Å². The minimum atomic E-state index is -0.238. The molecule has 0 amide bonds. The van der Waals surface area contributed by atoms with E-state index < -0.39 is 0 Å². The van der Waals surface area contributed by atoms with Crippen molar-refractivity contribution in [3.63, 3.8) is 0 Å². The van der Waals surface area contributed by atoms with Crippen molar-refractivity contribution in [2.75, 3.05) is 9.80 Å². The molecule has 0 heterocycles. The summed E-state index contributed by atoms with van der Waals surface area (Å²) in [4.78, 5) is 4.95. The van der Waals surface area contributed by atoms with Crippen LogP contribution >= 0.6 is 0 Å². The second-order valence-electron chi connectivity index (χ2n) is 41.3. The van der Waals surface area contributed by atoms with Gasteiger partial charge in [-0.15, -0.1) is 13.2 Å². The van der Waals surface area contributed by atoms with Crippen molar-refractivity contribution in [2.45, 2.75) is 331 Å². The van der Waals surface area contributed by atoms with Gasteiger partial charge in [-0.1, -0.05) is 382 Å². The van der Waals surface area contributed by atoms with Gasteiger partial charge in [-0.25, -0.2) is 0 Å². The molecular formula is C133H158N2. The maximum atomic E-state index is 3.93. The second-order valence-corrected chi connectivity index (χ2v) is 41.3. The third-order valence-corrected chi connectivity index (χ3v) is 31.1. The van der Waals surface area contributed by atoms with Crippen LogP contribution in [0.4, 0.5) is 34.1 Å². The highest BCUT2D eigenvalue weighted by Gasteiger charge is 2.49. The lowest BCUT2D eigenvalue weighted by Gasteiger charge is -2.37. The van der Waals surface area contributed by atoms with Crippen molar-refractivity contribution >= 4 is 34.1 Å². The maximum Gasteiger partial charge on any atom is 0.0713 e. The van der Waals surface area contributed by atoms with E-state index in [1.54, 1.807) is 22.3 Å². The van der Waals surface area contributed by atoms with E-state index in [1.807, 2.05) is 0 Å². The van der Waals surface area contributed by atoms with Crippen LogP contribution in [0.5, 0.6) is 0 Å². The molecule has 0 atom stereocenters. The lowest BCUT2D eigenvalue weighted by molar-refractivity contribution is 0.398. The Morgan fingerprint density at radius 1 is 0.237 bits per heavy atom. The fourth-order valence-corrected chi connectivity index (χ4v) is 23.1. The first-order valence-electron chi connectivity index (χ1n) is 52.9. The summed E-state index contributed by atoms with van der Waals surface area (Å²) in [5, 5.41) is 0. The lowest BCUT2D eigenvalue weighted by Crippen LogP contribution is -2.30. The molecule has 5 aliphatic rings. The molecule has 2 heteroatoms. The van der Waals surface area contributed by atoms with Gasteiger partial charge in [0, 0.05) is 45.0 Å². The highest BCUT2D eigenvalue weighted by molar-refractivity contribution is 5.91. The third kappa shape index (κ3) is 22.1. The van der Waals surface area contributed by atoms with Crippen molar-refractivity contribution in [1.82, 2.24) is 0 Å². The molecule has 13 aromatic rings. The monoisotopic (exact) mass is 1780 g/mol. The average Bonchev–Trinajstić information content (AvgIpc) is 1.54. The number of hydrogen-bond donors (Lipinski definition) is 0. The molecule has 0 spiro atoms. The zero-order valence-electron chi connectivity index (χ0n) is 85.3. The average molecular weight is 1780 g/mol. The Labute approximate surface area is 816 Å². The summed E-state index contributed by atoms with van der Waals surface area (Å²) in [5.74, 6) is 0. The zero-order chi connectivity index (χ0) is 94.6. The van der Waals surface area contributed by atoms with Crippen LogP contribution in [0, 0.1) is 69.2 Å². The molecule has 0 aromatic heterocycles. The Bertz CT molecular complexity index is 5690. The first-order chi connectivity index (χ1) is 65.8. The van der Waals surface area contributed by atoms with Gasteiger partial charge in [0.05, 0.1) is 5.41 Å². The molecule has 5 aliphatic carbocycles. The number of fused-ring (bicyclic) bond motifs is 11. The number of unbranched alkanes of at least 4 members (excludes halogenated alkanes) is 18. The van der Waals surface area contributed by atoms with Gasteiger partial charge in [0.2, 0.25) is 0 Å². The molecule has 18 rings (SSSR count). The topological polar surface area (TPSA) is 6.48 Å². The number of hydrogen-bond acceptors (Lipinski definition) is 2. The summed E-state index contributed by atoms with van der Waals surface area (Å²) in [5.41, 5.74) is 50.3. The highest BCUT2D eigenvalue weighted by atomic mass is 15.1. The van der Waals surface area contributed by atoms with E-state index >= 15 is 0 Å². The Balaban J connectivity index is 0.000000152. The number of anilines is 6. The van der Waals surface area contributed by atoms with Gasteiger partial charge in [0.25, 0.3) is 0 Å². The molecule has 2 nitrogen and oxygen atoms in total. The van der Waals surface area contributed by atoms with Crippen LogP contribution in [0.25, 0.3) is 33.4 Å². The van der Waals surface area contributed by atoms with Crippen LogP contribution in [0.2, 0.25) is 0 Å². The van der Waals surface area contributed by atoms with Crippen LogP contribution in [0.15, 0.2) is 280 Å². The Kier molecular flexibility index (Phi) is 33.7. The van der Waals surface area contributed by atoms with Gasteiger partial charge >= 0.3 is 0 Å². The molecule has 0 bridgehead atoms. The predicted octanol–water partition coefficient (Wildman–Crippen LogP) is 38.3. The van der Waals surface area contributed by atoms with Crippen LogP contribution in [0.3, 0.4) is 0 Å². The fourth-order valence-electron chi connectivity index (χ4n) is 23.1. The van der Waals surface area contributed by atoms with E-state index in [1.165, 1.54) is 384 Å². The maximum absolute atomic E-state index is 3.93. The first-order valence-corrected chi connectivity index (χ1v) is 52.9. The SMILES string of the molecule is C=CCCCC1(CCCC=C)c2cc(C)ccc2-c2ccc(C)cc21.CCCCCCCCC1(CCCCCCCC)c2cc(N(c3ccc(C)cc3)c3ccc(C)cc3)ccc2-c2ccc(N(c3ccc(C)cc3)c3ccc(C)cc3)cc21.CCCCCCc1cc(C)c(CCCCCC)cc1C.Cc1ccc2c(c1)C(c1ccc3c(c1)CC3)(c1ccc3c(c1)CC3)c1cc(C)ccc1-2. The largest absolute Gasteiger partial charge is 0.310 e. The van der Waals surface area contributed by atoms with Crippen LogP contribution in [-0.4, -0.2) is 0 Å². The number of allylic oxidation sites excluding steroid dienone is 2. The Morgan fingerprint density at radius 2 is 0.496 bits per heavy atom. The van der Waals surface area contributed by atoms with Crippen molar-refractivity contribution in [1.29, 1.82) is 0 Å². The van der Waals surface area contributed by atoms with Crippen LogP contribution in [0.1, 0.15) is 341 Å². The van der Waals surface area contributed by atoms with Gasteiger partial charge in [-0.2, -0.15) is 0 Å². The molecule has 0 saturated heterocycles. The summed E-state index contributed by atoms with van der Waals surface area (Å²) < 4.78 is 0. The third-order valence-electron chi connectivity index (χ3n) is 31.1. The molecule has 700 valence electrons. The number of rotatable bonds is 40. The van der Waals surface area contributed by atoms with E-state index in [2.05, 4.69) is 387 Å². The van der Waals surface area contributed by atoms with Crippen LogP contribution in [-0.2, 0) is 54.8 Å². The van der Waals surface area contributed by atoms with Gasteiger partial charge in [0.15, 0.2) is 0 Å². The second kappa shape index (κ2) is 46.2. The molecule has 0 saturated carbocycles. The first kappa shape index (κ1) is 98.5. The van der Waals surface area contributed by atoms with Crippen molar-refractivity contribution < 1.29 is 0 Å². The van der Waals surface area contributed by atoms with E-state index in [0.717, 1.165) is 12.8 Å². The number of nitrogens with zero attached hydrogens (tertiary/aromatic N) is 2. The standard InChI is InChI=1S/C57H68N2.C31H26.C25H30.C20H34/c1-7-9-11-13-15-17-39-57(40-18-16-14-12-10-8-2)55-41-51(58(47-27-19-43(3)20-28-47)48-29-21-44(4)22-30-48)35-37-53(55)54-38-36-52(42-56(54)57)59(49-31-23-45(5)24-32-49)50-33-25-46(6)26-34-50;1-19-3-13-27-28-14-4-20(2)16-30(28)31(29(27)15-19,25-11-9-21-5-7-23(21)17-25)26-12-10-22-6-8-24(22)18-26;1-5-7-9-15-25(16-10-8-6-2)23-17-19(3)11-13-21(23)22-14-12-20(4)18-24(22)25;1-5-7-9-11-13-19-15-18(4)20(16-17(19)3)14-12-10-8-6-2/h19-38,41-42H,7-18,39-40H2,1-6H3;3-4,9-18H,5-8H2,1-2H3;5-6,11-14,17-18H,1-2,7-10,15-16H2,3-4H3;15-16H,5-14H2,1-4H3. The Hall–Kier alpha value is -11.1. The molecular weight excluding hydrogens is 1630 g/mol. The molecule has 0 N–H and O–H groups in total. The smallest absolute Gasteiger partial charge is 0.0713 e. The minimum Gasteiger partial charge on any atom is -0.310 e. The summed E-state index contributed by atoms with van der Waals surface area (Å²) >= 11 is 0. The fraction of sp³-hybridized carbons (Fsp3) is 0.383. The molecule has 0 fully saturated rings. The Morgan fingerprint density at radius 3 is 0.800 bits per heavy atom. The van der Waals surface area contributed by atoms with Crippen molar-refractivity contribution in [2.24, 2.45) is 0 Å². The quantitative estimate of drug-likeness (QED) is 0.0279. The van der Waals surface area contributed by atoms with E-state index in [4.69, 9.17) is 0 Å². The molecule has 0 aliphatic heterocycles. The number of benzene rings is 13. The molecule has 135 heavy (non-hydrogen) atoms. The van der Waals surface area contributed by atoms with E-state index in [-0.39, 0.29) is 16.2 Å².